The van der Waals surface area contributed by atoms with Crippen LogP contribution >= 0.6 is 0 Å². The number of likely N-dealkylation sites (tertiary alicyclic amines) is 1. The molecule has 5 N–H and O–H groups in total. The minimum atomic E-state index is -3.92. The molecule has 0 bridgehead atoms. The van der Waals surface area contributed by atoms with Gasteiger partial charge in [-0.25, -0.2) is 9.52 Å². The molecule has 0 radical (unpaired) electrons. The molecule has 0 aromatic heterocycles. The monoisotopic (exact) mass is 647 g/mol. The summed E-state index contributed by atoms with van der Waals surface area (Å²) in [6.45, 7) is 7.82. The highest BCUT2D eigenvalue weighted by molar-refractivity contribution is 7.88. The Hall–Kier alpha value is -3.45. The molecule has 3 rings (SSSR count). The highest BCUT2D eigenvalue weighted by Gasteiger charge is 2.42. The second kappa shape index (κ2) is 16.2. The number of amides is 4. The smallest absolute Gasteiger partial charge is 0.408 e. The molecule has 4 atom stereocenters. The quantitative estimate of drug-likeness (QED) is 0.157. The summed E-state index contributed by atoms with van der Waals surface area (Å²) in [6, 6.07) is 6.34. The number of hydrogen-bond donors (Lipinski definition) is 4. The summed E-state index contributed by atoms with van der Waals surface area (Å²) in [4.78, 5) is 51.4. The fraction of sp³-hybridized carbons (Fsp3) is 0.625. The maximum atomic E-state index is 13.3. The van der Waals surface area contributed by atoms with Gasteiger partial charge in [0.2, 0.25) is 17.7 Å². The van der Waals surface area contributed by atoms with Gasteiger partial charge in [0.1, 0.15) is 17.7 Å². The minimum Gasteiger partial charge on any atom is -0.444 e. The Morgan fingerprint density at radius 2 is 1.82 bits per heavy atom. The van der Waals surface area contributed by atoms with Gasteiger partial charge in [-0.2, -0.15) is 13.1 Å². The van der Waals surface area contributed by atoms with E-state index in [9.17, 15) is 27.6 Å². The molecular weight excluding hydrogens is 598 g/mol. The van der Waals surface area contributed by atoms with E-state index >= 15 is 0 Å². The van der Waals surface area contributed by atoms with E-state index in [0.717, 1.165) is 30.4 Å². The lowest BCUT2D eigenvalue weighted by Gasteiger charge is -2.28. The lowest BCUT2D eigenvalue weighted by Crippen LogP contribution is -2.53. The van der Waals surface area contributed by atoms with Crippen molar-refractivity contribution < 1.29 is 32.3 Å². The molecule has 250 valence electrons. The number of alkyl carbamates (subject to hydrolysis) is 1. The molecule has 2 aliphatic rings. The van der Waals surface area contributed by atoms with Gasteiger partial charge in [0.25, 0.3) is 0 Å². The molecule has 1 aromatic carbocycles. The molecule has 13 heteroatoms. The Balaban J connectivity index is 1.37. The maximum Gasteiger partial charge on any atom is 0.408 e. The van der Waals surface area contributed by atoms with Crippen molar-refractivity contribution in [1.29, 1.82) is 0 Å². The number of nitrogens with one attached hydrogen (secondary N) is 3. The Morgan fingerprint density at radius 3 is 2.49 bits per heavy atom. The van der Waals surface area contributed by atoms with Crippen LogP contribution in [0.1, 0.15) is 83.3 Å². The Morgan fingerprint density at radius 1 is 1.11 bits per heavy atom. The van der Waals surface area contributed by atoms with E-state index < -0.39 is 45.8 Å². The number of ether oxygens (including phenoxy) is 1. The summed E-state index contributed by atoms with van der Waals surface area (Å²) in [5.41, 5.74) is 6.91. The molecule has 1 saturated carbocycles. The van der Waals surface area contributed by atoms with Gasteiger partial charge in [-0.05, 0) is 84.1 Å². The zero-order valence-electron chi connectivity index (χ0n) is 26.8. The average molecular weight is 648 g/mol. The highest BCUT2D eigenvalue weighted by atomic mass is 32.2. The van der Waals surface area contributed by atoms with Crippen LogP contribution in [0.25, 0.3) is 0 Å². The van der Waals surface area contributed by atoms with E-state index in [1.807, 2.05) is 43.3 Å². The molecule has 12 nitrogen and oxygen atoms in total. The third-order valence-electron chi connectivity index (χ3n) is 7.84. The molecule has 1 aliphatic carbocycles. The summed E-state index contributed by atoms with van der Waals surface area (Å²) >= 11 is 0. The first-order valence-corrected chi connectivity index (χ1v) is 17.3. The van der Waals surface area contributed by atoms with E-state index in [0.29, 0.717) is 45.1 Å². The number of nitrogens with zero attached hydrogens (tertiary/aromatic N) is 1. The minimum absolute atomic E-state index is 0.00597. The standard InChI is InChI=1S/C32H49N5O7S/c1-22-14-16-23(17-15-22)18-19-34-45(42,43)36-29(39)25-21-24(25)11-8-6-5-7-9-12-26(35-31(41)44-32(2,3)4)30(40)37-20-10-13-27(37)28(33)38/h8,11,14-17,24-27,34H,5-7,9-10,12-13,18-21H2,1-4H3,(H2,33,38)(H,35,41)(H,36,39)/b11-8-/t24?,25-,26?,27-/m0/s1. The number of allylic oxidation sites excluding steroid dienone is 2. The van der Waals surface area contributed by atoms with Crippen LogP contribution in [0.4, 0.5) is 4.79 Å². The number of carbonyl (C=O) groups is 4. The molecular formula is C32H49N5O7S. The molecule has 45 heavy (non-hydrogen) atoms. The van der Waals surface area contributed by atoms with E-state index in [1.54, 1.807) is 20.8 Å². The summed E-state index contributed by atoms with van der Waals surface area (Å²) in [5.74, 6) is -1.74. The summed E-state index contributed by atoms with van der Waals surface area (Å²) in [6.07, 6.45) is 9.02. The van der Waals surface area contributed by atoms with Crippen molar-refractivity contribution in [2.24, 2.45) is 17.6 Å². The zero-order chi connectivity index (χ0) is 33.2. The number of nitrogens with two attached hydrogens (primary N) is 1. The Kier molecular flexibility index (Phi) is 13.0. The van der Waals surface area contributed by atoms with Crippen LogP contribution in [-0.4, -0.2) is 67.9 Å². The molecule has 1 saturated heterocycles. The Labute approximate surface area is 267 Å². The number of primary amides is 1. The van der Waals surface area contributed by atoms with Gasteiger partial charge in [0, 0.05) is 19.0 Å². The number of aryl methyl sites for hydroxylation is 1. The van der Waals surface area contributed by atoms with Crippen LogP contribution in [0, 0.1) is 18.8 Å². The zero-order valence-corrected chi connectivity index (χ0v) is 27.7. The van der Waals surface area contributed by atoms with Crippen molar-refractivity contribution in [3.8, 4) is 0 Å². The Bertz CT molecular complexity index is 1320. The van der Waals surface area contributed by atoms with Gasteiger partial charge in [-0.15, -0.1) is 0 Å². The SMILES string of the molecule is Cc1ccc(CCNS(=O)(=O)NC(=O)[C@H]2CC2/C=C\CCCCCC(NC(=O)OC(C)(C)C)C(=O)N2CCC[C@H]2C(N)=O)cc1. The molecule has 1 aliphatic heterocycles. The molecule has 2 fully saturated rings. The largest absolute Gasteiger partial charge is 0.444 e. The van der Waals surface area contributed by atoms with Gasteiger partial charge in [-0.3, -0.25) is 14.4 Å². The topological polar surface area (TPSA) is 177 Å². The van der Waals surface area contributed by atoms with Gasteiger partial charge >= 0.3 is 16.3 Å². The van der Waals surface area contributed by atoms with Crippen molar-refractivity contribution >= 4 is 34.0 Å². The summed E-state index contributed by atoms with van der Waals surface area (Å²) < 4.78 is 34.5. The van der Waals surface area contributed by atoms with E-state index in [1.165, 1.54) is 4.90 Å². The molecule has 4 amide bonds. The first-order chi connectivity index (χ1) is 21.1. The highest BCUT2D eigenvalue weighted by Crippen LogP contribution is 2.40. The third kappa shape index (κ3) is 12.5. The van der Waals surface area contributed by atoms with Crippen molar-refractivity contribution in [3.05, 3.63) is 47.5 Å². The first kappa shape index (κ1) is 36.0. The number of benzene rings is 1. The van der Waals surface area contributed by atoms with Crippen LogP contribution in [0.15, 0.2) is 36.4 Å². The second-order valence-electron chi connectivity index (χ2n) is 13.0. The van der Waals surface area contributed by atoms with Gasteiger partial charge in [0.15, 0.2) is 0 Å². The van der Waals surface area contributed by atoms with Gasteiger partial charge in [0.05, 0.1) is 0 Å². The van der Waals surface area contributed by atoms with Gasteiger partial charge < -0.3 is 20.7 Å². The third-order valence-corrected chi connectivity index (χ3v) is 8.89. The van der Waals surface area contributed by atoms with Crippen molar-refractivity contribution in [2.75, 3.05) is 13.1 Å². The average Bonchev–Trinajstić information content (AvgIpc) is 3.54. The summed E-state index contributed by atoms with van der Waals surface area (Å²) in [7, 11) is -3.92. The van der Waals surface area contributed by atoms with Gasteiger partial charge in [-0.1, -0.05) is 54.8 Å². The van der Waals surface area contributed by atoms with Crippen molar-refractivity contribution in [2.45, 2.75) is 103 Å². The number of unbranched alkanes of at least 4 members (excludes halogenated alkanes) is 3. The number of carbonyl (C=O) groups excluding carboxylic acids is 4. The van der Waals surface area contributed by atoms with E-state index in [4.69, 9.17) is 10.5 Å². The predicted molar refractivity (Wildman–Crippen MR) is 171 cm³/mol. The van der Waals surface area contributed by atoms with Crippen LogP contribution in [0.2, 0.25) is 0 Å². The predicted octanol–water partition coefficient (Wildman–Crippen LogP) is 3.00. The van der Waals surface area contributed by atoms with Crippen LogP contribution in [0.5, 0.6) is 0 Å². The first-order valence-electron chi connectivity index (χ1n) is 15.8. The fourth-order valence-corrected chi connectivity index (χ4v) is 6.21. The van der Waals surface area contributed by atoms with Crippen LogP contribution in [0.3, 0.4) is 0 Å². The molecule has 1 aromatic rings. The van der Waals surface area contributed by atoms with Crippen molar-refractivity contribution in [3.63, 3.8) is 0 Å². The van der Waals surface area contributed by atoms with Crippen LogP contribution < -0.4 is 20.5 Å². The van der Waals surface area contributed by atoms with E-state index in [-0.39, 0.29) is 24.3 Å². The molecule has 1 heterocycles. The van der Waals surface area contributed by atoms with E-state index in [2.05, 4.69) is 14.8 Å². The summed E-state index contributed by atoms with van der Waals surface area (Å²) in [5, 5.41) is 2.68. The maximum absolute atomic E-state index is 13.3. The lowest BCUT2D eigenvalue weighted by atomic mass is 10.0. The van der Waals surface area contributed by atoms with Crippen molar-refractivity contribution in [1.82, 2.24) is 19.7 Å². The molecule has 2 unspecified atom stereocenters. The second-order valence-corrected chi connectivity index (χ2v) is 14.5. The lowest BCUT2D eigenvalue weighted by molar-refractivity contribution is -0.139. The number of hydrogen-bond acceptors (Lipinski definition) is 7. The fourth-order valence-electron chi connectivity index (χ4n) is 5.35. The number of rotatable bonds is 16. The molecule has 0 spiro atoms. The normalized spacial score (nSPS) is 20.5. The van der Waals surface area contributed by atoms with Crippen LogP contribution in [-0.2, 0) is 35.8 Å².